The lowest BCUT2D eigenvalue weighted by Gasteiger charge is -2.00. The quantitative estimate of drug-likeness (QED) is 0.758. The SMILES string of the molecule is Cc1cc(-c2ccc(N)c(Cl)c2)sc1Br. The van der Waals surface area contributed by atoms with Gasteiger partial charge in [-0.3, -0.25) is 0 Å². The molecular formula is C11H9BrClNS. The highest BCUT2D eigenvalue weighted by Gasteiger charge is 2.06. The van der Waals surface area contributed by atoms with Gasteiger partial charge < -0.3 is 5.73 Å². The van der Waals surface area contributed by atoms with Gasteiger partial charge in [-0.15, -0.1) is 11.3 Å². The van der Waals surface area contributed by atoms with Crippen molar-refractivity contribution in [2.45, 2.75) is 6.92 Å². The summed E-state index contributed by atoms with van der Waals surface area (Å²) in [6.07, 6.45) is 0. The molecule has 0 saturated carbocycles. The Morgan fingerprint density at radius 3 is 2.60 bits per heavy atom. The minimum Gasteiger partial charge on any atom is -0.398 e. The van der Waals surface area contributed by atoms with Gasteiger partial charge in [0.15, 0.2) is 0 Å². The third-order valence-corrected chi connectivity index (χ3v) is 4.66. The smallest absolute Gasteiger partial charge is 0.0734 e. The number of anilines is 1. The van der Waals surface area contributed by atoms with Gasteiger partial charge >= 0.3 is 0 Å². The van der Waals surface area contributed by atoms with Crippen LogP contribution in [0, 0.1) is 6.92 Å². The van der Waals surface area contributed by atoms with E-state index < -0.39 is 0 Å². The fraction of sp³-hybridized carbons (Fsp3) is 0.0909. The van der Waals surface area contributed by atoms with E-state index >= 15 is 0 Å². The van der Waals surface area contributed by atoms with Gasteiger partial charge in [0, 0.05) is 4.88 Å². The van der Waals surface area contributed by atoms with Crippen molar-refractivity contribution in [3.63, 3.8) is 0 Å². The maximum absolute atomic E-state index is 5.98. The van der Waals surface area contributed by atoms with E-state index in [9.17, 15) is 0 Å². The molecule has 0 aliphatic rings. The lowest BCUT2D eigenvalue weighted by Crippen LogP contribution is -1.85. The van der Waals surface area contributed by atoms with E-state index in [1.807, 2.05) is 18.2 Å². The standard InChI is InChI=1S/C11H9BrClNS/c1-6-4-10(15-11(6)12)7-2-3-9(14)8(13)5-7/h2-5H,14H2,1H3. The Morgan fingerprint density at radius 2 is 2.07 bits per heavy atom. The van der Waals surface area contributed by atoms with Gasteiger partial charge in [0.25, 0.3) is 0 Å². The number of nitrogens with two attached hydrogens (primary N) is 1. The topological polar surface area (TPSA) is 26.0 Å². The van der Waals surface area contributed by atoms with Gasteiger partial charge in [-0.25, -0.2) is 0 Å². The summed E-state index contributed by atoms with van der Waals surface area (Å²) >= 11 is 11.2. The van der Waals surface area contributed by atoms with Crippen molar-refractivity contribution in [3.05, 3.63) is 38.6 Å². The Labute approximate surface area is 106 Å². The van der Waals surface area contributed by atoms with Crippen LogP contribution in [-0.2, 0) is 0 Å². The molecule has 1 aromatic carbocycles. The zero-order valence-electron chi connectivity index (χ0n) is 8.05. The Hall–Kier alpha value is -0.510. The van der Waals surface area contributed by atoms with Crippen molar-refractivity contribution in [3.8, 4) is 10.4 Å². The van der Waals surface area contributed by atoms with Crippen LogP contribution in [0.15, 0.2) is 28.1 Å². The van der Waals surface area contributed by atoms with Crippen LogP contribution in [0.25, 0.3) is 10.4 Å². The number of hydrogen-bond donors (Lipinski definition) is 1. The van der Waals surface area contributed by atoms with Gasteiger partial charge in [-0.05, 0) is 52.2 Å². The molecule has 0 atom stereocenters. The molecule has 0 bridgehead atoms. The first-order chi connectivity index (χ1) is 7.08. The second-order valence-electron chi connectivity index (χ2n) is 3.30. The second-order valence-corrected chi connectivity index (χ2v) is 6.08. The van der Waals surface area contributed by atoms with Crippen LogP contribution >= 0.6 is 38.9 Å². The Bertz CT molecular complexity index is 488. The molecule has 0 amide bonds. The van der Waals surface area contributed by atoms with Crippen LogP contribution in [-0.4, -0.2) is 0 Å². The second kappa shape index (κ2) is 4.16. The molecule has 0 spiro atoms. The highest BCUT2D eigenvalue weighted by molar-refractivity contribution is 9.11. The molecule has 0 aliphatic carbocycles. The van der Waals surface area contributed by atoms with Gasteiger partial charge in [-0.2, -0.15) is 0 Å². The van der Waals surface area contributed by atoms with Crippen LogP contribution in [0.5, 0.6) is 0 Å². The number of halogens is 2. The van der Waals surface area contributed by atoms with Crippen molar-refractivity contribution in [1.82, 2.24) is 0 Å². The summed E-state index contributed by atoms with van der Waals surface area (Å²) in [5.41, 5.74) is 8.63. The van der Waals surface area contributed by atoms with Crippen molar-refractivity contribution in [2.75, 3.05) is 5.73 Å². The molecule has 0 aliphatic heterocycles. The molecule has 1 nitrogen and oxygen atoms in total. The van der Waals surface area contributed by atoms with E-state index in [4.69, 9.17) is 17.3 Å². The van der Waals surface area contributed by atoms with Gasteiger partial charge in [0.05, 0.1) is 14.5 Å². The molecule has 15 heavy (non-hydrogen) atoms. The van der Waals surface area contributed by atoms with E-state index in [1.54, 1.807) is 11.3 Å². The van der Waals surface area contributed by atoms with Crippen LogP contribution in [0.2, 0.25) is 5.02 Å². The van der Waals surface area contributed by atoms with E-state index in [1.165, 1.54) is 10.4 Å². The predicted molar refractivity (Wildman–Crippen MR) is 71.6 cm³/mol. The van der Waals surface area contributed by atoms with Gasteiger partial charge in [-0.1, -0.05) is 17.7 Å². The lowest BCUT2D eigenvalue weighted by molar-refractivity contribution is 1.53. The van der Waals surface area contributed by atoms with E-state index in [0.717, 1.165) is 9.35 Å². The predicted octanol–water partition coefficient (Wildman–Crippen LogP) is 4.72. The third-order valence-electron chi connectivity index (χ3n) is 2.14. The molecule has 2 N–H and O–H groups in total. The molecule has 2 aromatic rings. The Balaban J connectivity index is 2.49. The van der Waals surface area contributed by atoms with Crippen molar-refractivity contribution < 1.29 is 0 Å². The fourth-order valence-electron chi connectivity index (χ4n) is 1.28. The molecule has 0 radical (unpaired) electrons. The fourth-order valence-corrected chi connectivity index (χ4v) is 2.99. The first-order valence-electron chi connectivity index (χ1n) is 4.39. The van der Waals surface area contributed by atoms with Gasteiger partial charge in [0.2, 0.25) is 0 Å². The number of thiophene rings is 1. The molecule has 0 unspecified atom stereocenters. The number of nitrogen functional groups attached to an aromatic ring is 1. The Morgan fingerprint density at radius 1 is 1.33 bits per heavy atom. The van der Waals surface area contributed by atoms with Gasteiger partial charge in [0.1, 0.15) is 0 Å². The molecule has 4 heteroatoms. The zero-order chi connectivity index (χ0) is 11.0. The molecule has 0 saturated heterocycles. The summed E-state index contributed by atoms with van der Waals surface area (Å²) in [4.78, 5) is 1.20. The van der Waals surface area contributed by atoms with Crippen LogP contribution in [0.4, 0.5) is 5.69 Å². The average Bonchev–Trinajstić information content (AvgIpc) is 2.52. The highest BCUT2D eigenvalue weighted by atomic mass is 79.9. The minimum absolute atomic E-state index is 0.606. The van der Waals surface area contributed by atoms with Crippen LogP contribution in [0.1, 0.15) is 5.56 Å². The average molecular weight is 303 g/mol. The maximum atomic E-state index is 5.98. The number of rotatable bonds is 1. The molecular weight excluding hydrogens is 294 g/mol. The molecule has 1 heterocycles. The van der Waals surface area contributed by atoms with Crippen LogP contribution < -0.4 is 5.73 Å². The first-order valence-corrected chi connectivity index (χ1v) is 6.38. The van der Waals surface area contributed by atoms with Crippen molar-refractivity contribution in [2.24, 2.45) is 0 Å². The van der Waals surface area contributed by atoms with E-state index in [0.29, 0.717) is 10.7 Å². The number of hydrogen-bond acceptors (Lipinski definition) is 2. The monoisotopic (exact) mass is 301 g/mol. The molecule has 2 rings (SSSR count). The third kappa shape index (κ3) is 2.19. The molecule has 0 fully saturated rings. The normalized spacial score (nSPS) is 10.6. The van der Waals surface area contributed by atoms with E-state index in [-0.39, 0.29) is 0 Å². The van der Waals surface area contributed by atoms with E-state index in [2.05, 4.69) is 28.9 Å². The Kier molecular flexibility index (Phi) is 3.05. The first kappa shape index (κ1) is 11.0. The van der Waals surface area contributed by atoms with Crippen LogP contribution in [0.3, 0.4) is 0 Å². The summed E-state index contributed by atoms with van der Waals surface area (Å²) in [7, 11) is 0. The molecule has 1 aromatic heterocycles. The zero-order valence-corrected chi connectivity index (χ0v) is 11.2. The summed E-state index contributed by atoms with van der Waals surface area (Å²) in [5, 5.41) is 0.606. The minimum atomic E-state index is 0.606. The number of aryl methyl sites for hydroxylation is 1. The molecule has 78 valence electrons. The summed E-state index contributed by atoms with van der Waals surface area (Å²) < 4.78 is 1.16. The lowest BCUT2D eigenvalue weighted by atomic mass is 10.1. The summed E-state index contributed by atoms with van der Waals surface area (Å²) in [5.74, 6) is 0. The van der Waals surface area contributed by atoms with Crippen molar-refractivity contribution >= 4 is 44.6 Å². The summed E-state index contributed by atoms with van der Waals surface area (Å²) in [6, 6.07) is 7.85. The van der Waals surface area contributed by atoms with Crippen molar-refractivity contribution in [1.29, 1.82) is 0 Å². The maximum Gasteiger partial charge on any atom is 0.0734 e. The largest absolute Gasteiger partial charge is 0.398 e. The highest BCUT2D eigenvalue weighted by Crippen LogP contribution is 2.36. The number of benzene rings is 1. The summed E-state index contributed by atoms with van der Waals surface area (Å²) in [6.45, 7) is 2.07.